The van der Waals surface area contributed by atoms with Gasteiger partial charge in [0.1, 0.15) is 17.4 Å². The number of ether oxygens (including phenoxy) is 1. The van der Waals surface area contributed by atoms with Crippen LogP contribution in [0, 0.1) is 5.82 Å². The van der Waals surface area contributed by atoms with Crippen LogP contribution in [0.5, 0.6) is 5.75 Å². The van der Waals surface area contributed by atoms with Gasteiger partial charge in [-0.1, -0.05) is 12.1 Å². The lowest BCUT2D eigenvalue weighted by Gasteiger charge is -2.21. The van der Waals surface area contributed by atoms with E-state index in [0.717, 1.165) is 0 Å². The highest BCUT2D eigenvalue weighted by Crippen LogP contribution is 2.33. The standard InChI is InChI=1S/C22H23FN4O3/c1-13(2)30-22(29)24-15-9-10-27(12-15)21-17-11-14(23)7-8-18(17)25-20(26-21)16-5-3-4-6-19(16)28/h3-8,11,13,15,28H,9-10,12H2,1-2H3,(H,24,29). The Morgan fingerprint density at radius 2 is 2.07 bits per heavy atom. The van der Waals surface area contributed by atoms with Crippen LogP contribution < -0.4 is 10.2 Å². The van der Waals surface area contributed by atoms with Crippen LogP contribution in [-0.2, 0) is 4.74 Å². The Labute approximate surface area is 173 Å². The quantitative estimate of drug-likeness (QED) is 0.679. The molecule has 0 bridgehead atoms. The Hall–Kier alpha value is -3.42. The highest BCUT2D eigenvalue weighted by atomic mass is 19.1. The van der Waals surface area contributed by atoms with Crippen LogP contribution in [0.3, 0.4) is 0 Å². The number of carbonyl (C=O) groups excluding carboxylic acids is 1. The number of amides is 1. The zero-order chi connectivity index (χ0) is 21.3. The molecule has 1 aromatic heterocycles. The van der Waals surface area contributed by atoms with Gasteiger partial charge in [-0.25, -0.2) is 19.2 Å². The lowest BCUT2D eigenvalue weighted by atomic mass is 10.1. The van der Waals surface area contributed by atoms with Crippen molar-refractivity contribution in [1.29, 1.82) is 0 Å². The monoisotopic (exact) mass is 410 g/mol. The van der Waals surface area contributed by atoms with Crippen molar-refractivity contribution >= 4 is 22.8 Å². The van der Waals surface area contributed by atoms with Crippen LogP contribution in [0.25, 0.3) is 22.3 Å². The van der Waals surface area contributed by atoms with E-state index >= 15 is 0 Å². The molecule has 1 aliphatic heterocycles. The topological polar surface area (TPSA) is 87.6 Å². The van der Waals surface area contributed by atoms with E-state index in [4.69, 9.17) is 4.74 Å². The molecule has 1 amide bonds. The Morgan fingerprint density at radius 3 is 2.83 bits per heavy atom. The molecule has 0 saturated carbocycles. The van der Waals surface area contributed by atoms with Gasteiger partial charge in [0.25, 0.3) is 0 Å². The summed E-state index contributed by atoms with van der Waals surface area (Å²) >= 11 is 0. The Kier molecular flexibility index (Phi) is 5.39. The molecule has 1 fully saturated rings. The summed E-state index contributed by atoms with van der Waals surface area (Å²) in [7, 11) is 0. The van der Waals surface area contributed by atoms with E-state index < -0.39 is 6.09 Å². The second-order valence-electron chi connectivity index (χ2n) is 7.58. The summed E-state index contributed by atoms with van der Waals surface area (Å²) in [4.78, 5) is 23.1. The van der Waals surface area contributed by atoms with Gasteiger partial charge in [0.15, 0.2) is 5.82 Å². The molecule has 7 nitrogen and oxygen atoms in total. The molecule has 0 aliphatic carbocycles. The van der Waals surface area contributed by atoms with Crippen LogP contribution in [0.1, 0.15) is 20.3 Å². The minimum atomic E-state index is -0.453. The summed E-state index contributed by atoms with van der Waals surface area (Å²) in [5.41, 5.74) is 1.08. The smallest absolute Gasteiger partial charge is 0.407 e. The van der Waals surface area contributed by atoms with Crippen molar-refractivity contribution in [2.75, 3.05) is 18.0 Å². The summed E-state index contributed by atoms with van der Waals surface area (Å²) in [6.45, 7) is 4.73. The van der Waals surface area contributed by atoms with Gasteiger partial charge in [0, 0.05) is 18.5 Å². The SMILES string of the molecule is CC(C)OC(=O)NC1CCN(c2nc(-c3ccccc3O)nc3ccc(F)cc23)C1. The number of phenols is 1. The molecule has 156 valence electrons. The van der Waals surface area contributed by atoms with Gasteiger partial charge in [0.05, 0.1) is 23.2 Å². The first kappa shape index (κ1) is 19.9. The molecular weight excluding hydrogens is 387 g/mol. The average molecular weight is 410 g/mol. The minimum absolute atomic E-state index is 0.0716. The fraction of sp³-hybridized carbons (Fsp3) is 0.318. The molecule has 1 aliphatic rings. The molecule has 30 heavy (non-hydrogen) atoms. The summed E-state index contributed by atoms with van der Waals surface area (Å²) in [6.07, 6.45) is 0.0580. The van der Waals surface area contributed by atoms with Crippen molar-refractivity contribution in [3.05, 3.63) is 48.3 Å². The maximum atomic E-state index is 14.0. The fourth-order valence-corrected chi connectivity index (χ4v) is 3.59. The van der Waals surface area contributed by atoms with Gasteiger partial charge in [-0.3, -0.25) is 0 Å². The number of alkyl carbamates (subject to hydrolysis) is 1. The van der Waals surface area contributed by atoms with Crippen molar-refractivity contribution in [2.24, 2.45) is 0 Å². The summed E-state index contributed by atoms with van der Waals surface area (Å²) in [6, 6.07) is 11.1. The number of carbonyl (C=O) groups is 1. The highest BCUT2D eigenvalue weighted by molar-refractivity contribution is 5.91. The summed E-state index contributed by atoms with van der Waals surface area (Å²) in [5.74, 6) is 0.622. The minimum Gasteiger partial charge on any atom is -0.507 e. The number of rotatable bonds is 4. The number of fused-ring (bicyclic) bond motifs is 1. The second kappa shape index (κ2) is 8.14. The molecular formula is C22H23FN4O3. The molecule has 1 atom stereocenters. The van der Waals surface area contributed by atoms with Gasteiger partial charge >= 0.3 is 6.09 Å². The number of nitrogens with one attached hydrogen (secondary N) is 1. The summed E-state index contributed by atoms with van der Waals surface area (Å²) in [5, 5.41) is 13.7. The van der Waals surface area contributed by atoms with Gasteiger partial charge in [-0.15, -0.1) is 0 Å². The van der Waals surface area contributed by atoms with E-state index in [9.17, 15) is 14.3 Å². The van der Waals surface area contributed by atoms with E-state index in [1.54, 1.807) is 44.2 Å². The van der Waals surface area contributed by atoms with E-state index in [1.807, 2.05) is 4.90 Å². The van der Waals surface area contributed by atoms with E-state index in [1.165, 1.54) is 12.1 Å². The largest absolute Gasteiger partial charge is 0.507 e. The zero-order valence-corrected chi connectivity index (χ0v) is 16.8. The maximum absolute atomic E-state index is 14.0. The van der Waals surface area contributed by atoms with Crippen LogP contribution >= 0.6 is 0 Å². The Morgan fingerprint density at radius 1 is 1.27 bits per heavy atom. The van der Waals surface area contributed by atoms with Crippen LogP contribution in [-0.4, -0.2) is 46.4 Å². The third-order valence-electron chi connectivity index (χ3n) is 4.94. The average Bonchev–Trinajstić information content (AvgIpc) is 3.15. The molecule has 0 radical (unpaired) electrons. The van der Waals surface area contributed by atoms with Crippen molar-refractivity contribution in [2.45, 2.75) is 32.4 Å². The molecule has 2 N–H and O–H groups in total. The van der Waals surface area contributed by atoms with Crippen molar-refractivity contribution in [3.63, 3.8) is 0 Å². The molecule has 8 heteroatoms. The maximum Gasteiger partial charge on any atom is 0.407 e. The van der Waals surface area contributed by atoms with Crippen LogP contribution in [0.4, 0.5) is 15.0 Å². The first-order valence-corrected chi connectivity index (χ1v) is 9.88. The molecule has 2 heterocycles. The third-order valence-corrected chi connectivity index (χ3v) is 4.94. The van der Waals surface area contributed by atoms with E-state index in [-0.39, 0.29) is 23.7 Å². The molecule has 0 spiro atoms. The number of benzene rings is 2. The van der Waals surface area contributed by atoms with Gasteiger partial charge in [0.2, 0.25) is 0 Å². The predicted molar refractivity (Wildman–Crippen MR) is 112 cm³/mol. The fourth-order valence-electron chi connectivity index (χ4n) is 3.59. The number of phenolic OH excluding ortho intramolecular Hbond substituents is 1. The first-order chi connectivity index (χ1) is 14.4. The van der Waals surface area contributed by atoms with Gasteiger partial charge in [-0.05, 0) is 50.6 Å². The summed E-state index contributed by atoms with van der Waals surface area (Å²) < 4.78 is 19.1. The van der Waals surface area contributed by atoms with Gasteiger partial charge < -0.3 is 20.1 Å². The Balaban J connectivity index is 1.68. The van der Waals surface area contributed by atoms with E-state index in [0.29, 0.717) is 47.6 Å². The lowest BCUT2D eigenvalue weighted by Crippen LogP contribution is -2.38. The normalized spacial score (nSPS) is 16.3. The number of halogens is 1. The van der Waals surface area contributed by atoms with Crippen LogP contribution in [0.15, 0.2) is 42.5 Å². The zero-order valence-electron chi connectivity index (χ0n) is 16.8. The number of hydrogen-bond acceptors (Lipinski definition) is 6. The van der Waals surface area contributed by atoms with Crippen LogP contribution in [0.2, 0.25) is 0 Å². The van der Waals surface area contributed by atoms with Crippen molar-refractivity contribution < 1.29 is 19.0 Å². The predicted octanol–water partition coefficient (Wildman–Crippen LogP) is 3.85. The van der Waals surface area contributed by atoms with Crippen molar-refractivity contribution in [1.82, 2.24) is 15.3 Å². The number of aromatic nitrogens is 2. The molecule has 1 saturated heterocycles. The molecule has 1 unspecified atom stereocenters. The van der Waals surface area contributed by atoms with Gasteiger partial charge in [-0.2, -0.15) is 0 Å². The molecule has 4 rings (SSSR count). The molecule has 2 aromatic carbocycles. The van der Waals surface area contributed by atoms with Crippen molar-refractivity contribution in [3.8, 4) is 17.1 Å². The number of hydrogen-bond donors (Lipinski definition) is 2. The number of nitrogens with zero attached hydrogens (tertiary/aromatic N) is 3. The number of para-hydroxylation sites is 1. The number of anilines is 1. The third kappa shape index (κ3) is 4.12. The number of aromatic hydroxyl groups is 1. The lowest BCUT2D eigenvalue weighted by molar-refractivity contribution is 0.113. The Bertz CT molecular complexity index is 1090. The first-order valence-electron chi connectivity index (χ1n) is 9.88. The highest BCUT2D eigenvalue weighted by Gasteiger charge is 2.27. The molecule has 3 aromatic rings. The second-order valence-corrected chi connectivity index (χ2v) is 7.58. The van der Waals surface area contributed by atoms with E-state index in [2.05, 4.69) is 15.3 Å².